The van der Waals surface area contributed by atoms with Gasteiger partial charge in [0.2, 0.25) is 0 Å². The molecule has 0 aromatic heterocycles. The van der Waals surface area contributed by atoms with E-state index < -0.39 is 36.1 Å². The SMILES string of the molecule is CC(OC(=O)c1ccc(OC(F)(F)F)cc1)C(=O)N1CCNC1=O. The van der Waals surface area contributed by atoms with Crippen molar-refractivity contribution in [3.05, 3.63) is 29.8 Å². The molecule has 0 saturated carbocycles. The maximum atomic E-state index is 12.1. The van der Waals surface area contributed by atoms with Gasteiger partial charge in [0.1, 0.15) is 5.75 Å². The number of hydrogen-bond acceptors (Lipinski definition) is 5. The molecule has 7 nitrogen and oxygen atoms in total. The molecule has 130 valence electrons. The van der Waals surface area contributed by atoms with E-state index >= 15 is 0 Å². The predicted octanol–water partition coefficient (Wildman–Crippen LogP) is 1.68. The number of hydrogen-bond donors (Lipinski definition) is 1. The average Bonchev–Trinajstić information content (AvgIpc) is 2.91. The number of nitrogens with zero attached hydrogens (tertiary/aromatic N) is 1. The first-order valence-electron chi connectivity index (χ1n) is 6.83. The second-order valence-electron chi connectivity index (χ2n) is 4.84. The van der Waals surface area contributed by atoms with Crippen LogP contribution in [-0.2, 0) is 9.53 Å². The van der Waals surface area contributed by atoms with Crippen molar-refractivity contribution >= 4 is 17.9 Å². The van der Waals surface area contributed by atoms with E-state index in [4.69, 9.17) is 4.74 Å². The Morgan fingerprint density at radius 3 is 2.38 bits per heavy atom. The van der Waals surface area contributed by atoms with Gasteiger partial charge in [-0.3, -0.25) is 9.69 Å². The zero-order valence-electron chi connectivity index (χ0n) is 12.4. The Balaban J connectivity index is 1.96. The minimum absolute atomic E-state index is 0.0601. The second kappa shape index (κ2) is 6.77. The van der Waals surface area contributed by atoms with E-state index in [9.17, 15) is 27.6 Å². The lowest BCUT2D eigenvalue weighted by Gasteiger charge is -2.18. The van der Waals surface area contributed by atoms with Crippen LogP contribution in [0.5, 0.6) is 5.75 Å². The third-order valence-electron chi connectivity index (χ3n) is 3.08. The fourth-order valence-electron chi connectivity index (χ4n) is 1.97. The fraction of sp³-hybridized carbons (Fsp3) is 0.357. The number of ether oxygens (including phenoxy) is 2. The molecule has 1 atom stereocenters. The first kappa shape index (κ1) is 17.6. The summed E-state index contributed by atoms with van der Waals surface area (Å²) in [5, 5.41) is 2.44. The third kappa shape index (κ3) is 4.37. The second-order valence-corrected chi connectivity index (χ2v) is 4.84. The molecule has 1 aliphatic heterocycles. The number of rotatable bonds is 4. The topological polar surface area (TPSA) is 84.9 Å². The molecule has 1 aliphatic rings. The van der Waals surface area contributed by atoms with Crippen LogP contribution in [0.15, 0.2) is 24.3 Å². The first-order valence-corrected chi connectivity index (χ1v) is 6.83. The quantitative estimate of drug-likeness (QED) is 0.839. The van der Waals surface area contributed by atoms with E-state index in [2.05, 4.69) is 10.1 Å². The van der Waals surface area contributed by atoms with Crippen LogP contribution in [-0.4, -0.2) is 48.4 Å². The molecule has 0 spiro atoms. The number of esters is 1. The number of urea groups is 1. The molecule has 0 radical (unpaired) electrons. The maximum Gasteiger partial charge on any atom is 0.573 e. The molecule has 1 saturated heterocycles. The van der Waals surface area contributed by atoms with Crippen molar-refractivity contribution in [1.29, 1.82) is 0 Å². The fourth-order valence-corrected chi connectivity index (χ4v) is 1.97. The van der Waals surface area contributed by atoms with Gasteiger partial charge in [-0.05, 0) is 31.2 Å². The standard InChI is InChI=1S/C14H13F3N2O5/c1-8(11(20)19-7-6-18-13(19)22)23-12(21)9-2-4-10(5-3-9)24-14(15,16)17/h2-5,8H,6-7H2,1H3,(H,18,22). The van der Waals surface area contributed by atoms with Crippen molar-refractivity contribution in [3.8, 4) is 5.75 Å². The highest BCUT2D eigenvalue weighted by molar-refractivity contribution is 5.99. The average molecular weight is 346 g/mol. The van der Waals surface area contributed by atoms with Crippen LogP contribution >= 0.6 is 0 Å². The molecule has 10 heteroatoms. The summed E-state index contributed by atoms with van der Waals surface area (Å²) < 4.78 is 44.8. The predicted molar refractivity (Wildman–Crippen MR) is 73.1 cm³/mol. The van der Waals surface area contributed by atoms with Crippen molar-refractivity contribution in [1.82, 2.24) is 10.2 Å². The van der Waals surface area contributed by atoms with Gasteiger partial charge in [-0.2, -0.15) is 0 Å². The van der Waals surface area contributed by atoms with Gasteiger partial charge in [-0.15, -0.1) is 13.2 Å². The highest BCUT2D eigenvalue weighted by Gasteiger charge is 2.32. The van der Waals surface area contributed by atoms with Crippen molar-refractivity contribution in [2.75, 3.05) is 13.1 Å². The van der Waals surface area contributed by atoms with E-state index in [1.807, 2.05) is 0 Å². The van der Waals surface area contributed by atoms with Gasteiger partial charge < -0.3 is 14.8 Å². The Morgan fingerprint density at radius 1 is 1.25 bits per heavy atom. The summed E-state index contributed by atoms with van der Waals surface area (Å²) in [6.07, 6.45) is -6.05. The summed E-state index contributed by atoms with van der Waals surface area (Å²) in [7, 11) is 0. The third-order valence-corrected chi connectivity index (χ3v) is 3.08. The highest BCUT2D eigenvalue weighted by Crippen LogP contribution is 2.23. The lowest BCUT2D eigenvalue weighted by molar-refractivity contribution is -0.274. The number of halogens is 3. The maximum absolute atomic E-state index is 12.1. The molecule has 1 heterocycles. The van der Waals surface area contributed by atoms with Gasteiger partial charge in [0.25, 0.3) is 5.91 Å². The monoisotopic (exact) mass is 346 g/mol. The summed E-state index contributed by atoms with van der Waals surface area (Å²) in [5.41, 5.74) is -0.0601. The van der Waals surface area contributed by atoms with Crippen molar-refractivity contribution in [2.24, 2.45) is 0 Å². The van der Waals surface area contributed by atoms with E-state index in [1.54, 1.807) is 0 Å². The summed E-state index contributed by atoms with van der Waals surface area (Å²) in [6.45, 7) is 1.78. The van der Waals surface area contributed by atoms with Crippen LogP contribution < -0.4 is 10.1 Å². The molecule has 1 aromatic rings. The molecule has 24 heavy (non-hydrogen) atoms. The Morgan fingerprint density at radius 2 is 1.88 bits per heavy atom. The summed E-state index contributed by atoms with van der Waals surface area (Å²) in [4.78, 5) is 36.2. The van der Waals surface area contributed by atoms with E-state index in [0.717, 1.165) is 29.2 Å². The van der Waals surface area contributed by atoms with Crippen molar-refractivity contribution in [3.63, 3.8) is 0 Å². The largest absolute Gasteiger partial charge is 0.573 e. The molecule has 3 amide bonds. The highest BCUT2D eigenvalue weighted by atomic mass is 19.4. The van der Waals surface area contributed by atoms with Crippen LogP contribution in [0.2, 0.25) is 0 Å². The van der Waals surface area contributed by atoms with Gasteiger partial charge in [-0.1, -0.05) is 0 Å². The van der Waals surface area contributed by atoms with Gasteiger partial charge >= 0.3 is 18.4 Å². The molecular weight excluding hydrogens is 333 g/mol. The molecule has 0 bridgehead atoms. The number of imide groups is 1. The lowest BCUT2D eigenvalue weighted by atomic mass is 10.2. The minimum Gasteiger partial charge on any atom is -0.449 e. The first-order chi connectivity index (χ1) is 11.2. The Labute approximate surface area is 134 Å². The molecule has 0 aliphatic carbocycles. The summed E-state index contributed by atoms with van der Waals surface area (Å²) in [6, 6.07) is 3.47. The summed E-state index contributed by atoms with van der Waals surface area (Å²) >= 11 is 0. The Bertz CT molecular complexity index is 645. The zero-order chi connectivity index (χ0) is 17.9. The van der Waals surface area contributed by atoms with Gasteiger partial charge in [0.05, 0.1) is 5.56 Å². The van der Waals surface area contributed by atoms with Crippen LogP contribution in [0.4, 0.5) is 18.0 Å². The van der Waals surface area contributed by atoms with Crippen LogP contribution in [0.1, 0.15) is 17.3 Å². The molecule has 1 N–H and O–H groups in total. The number of amides is 3. The van der Waals surface area contributed by atoms with Crippen LogP contribution in [0, 0.1) is 0 Å². The molecule has 1 fully saturated rings. The van der Waals surface area contributed by atoms with Crippen molar-refractivity contribution in [2.45, 2.75) is 19.4 Å². The zero-order valence-corrected chi connectivity index (χ0v) is 12.4. The normalized spacial score (nSPS) is 15.7. The van der Waals surface area contributed by atoms with Gasteiger partial charge in [0, 0.05) is 13.1 Å². The Kier molecular flexibility index (Phi) is 4.96. The lowest BCUT2D eigenvalue weighted by Crippen LogP contribution is -2.41. The van der Waals surface area contributed by atoms with Crippen molar-refractivity contribution < 1.29 is 37.0 Å². The summed E-state index contributed by atoms with van der Waals surface area (Å²) in [5.74, 6) is -2.08. The number of carbonyl (C=O) groups is 3. The van der Waals surface area contributed by atoms with E-state index in [0.29, 0.717) is 6.54 Å². The molecule has 1 unspecified atom stereocenters. The molecular formula is C14H13F3N2O5. The number of benzene rings is 1. The molecule has 2 rings (SSSR count). The van der Waals surface area contributed by atoms with Crippen LogP contribution in [0.3, 0.4) is 0 Å². The molecule has 1 aromatic carbocycles. The Hall–Kier alpha value is -2.78. The number of nitrogens with one attached hydrogen (secondary N) is 1. The minimum atomic E-state index is -4.83. The number of alkyl halides is 3. The van der Waals surface area contributed by atoms with Gasteiger partial charge in [-0.25, -0.2) is 9.59 Å². The smallest absolute Gasteiger partial charge is 0.449 e. The van der Waals surface area contributed by atoms with Gasteiger partial charge in [0.15, 0.2) is 6.10 Å². The van der Waals surface area contributed by atoms with Crippen LogP contribution in [0.25, 0.3) is 0 Å². The van der Waals surface area contributed by atoms with E-state index in [-0.39, 0.29) is 12.1 Å². The number of carbonyl (C=O) groups excluding carboxylic acids is 3. The van der Waals surface area contributed by atoms with E-state index in [1.165, 1.54) is 6.92 Å².